The summed E-state index contributed by atoms with van der Waals surface area (Å²) in [5.74, 6) is -0.390. The quantitative estimate of drug-likeness (QED) is 0.466. The Balaban J connectivity index is 1.87. The molecule has 2 heteroatoms. The number of carbonyl (C=O) groups excluding carboxylic acids is 1. The van der Waals surface area contributed by atoms with Crippen LogP contribution in [0.3, 0.4) is 0 Å². The van der Waals surface area contributed by atoms with E-state index in [9.17, 15) is 4.79 Å². The summed E-state index contributed by atoms with van der Waals surface area (Å²) in [5.41, 5.74) is 4.36. The van der Waals surface area contributed by atoms with Crippen molar-refractivity contribution < 1.29 is 9.53 Å². The lowest BCUT2D eigenvalue weighted by Crippen LogP contribution is -1.93. The van der Waals surface area contributed by atoms with Crippen molar-refractivity contribution >= 4 is 18.1 Å². The van der Waals surface area contributed by atoms with Gasteiger partial charge in [-0.2, -0.15) is 0 Å². The second-order valence-electron chi connectivity index (χ2n) is 4.89. The maximum atomic E-state index is 11.6. The van der Waals surface area contributed by atoms with E-state index in [2.05, 4.69) is 0 Å². The van der Waals surface area contributed by atoms with Crippen molar-refractivity contribution in [3.8, 4) is 0 Å². The Bertz CT molecular complexity index is 647. The summed E-state index contributed by atoms with van der Waals surface area (Å²) >= 11 is 0. The molecule has 0 heterocycles. The molecule has 2 aromatic rings. The van der Waals surface area contributed by atoms with Gasteiger partial charge in [-0.3, -0.25) is 0 Å². The lowest BCUT2D eigenvalue weighted by atomic mass is 10.1. The predicted molar refractivity (Wildman–Crippen MR) is 86.5 cm³/mol. The Morgan fingerprint density at radius 2 is 1.29 bits per heavy atom. The van der Waals surface area contributed by atoms with Crippen LogP contribution in [0.2, 0.25) is 0 Å². The maximum absolute atomic E-state index is 11.6. The van der Waals surface area contributed by atoms with Gasteiger partial charge in [-0.15, -0.1) is 0 Å². The van der Waals surface area contributed by atoms with Gasteiger partial charge in [0, 0.05) is 6.08 Å². The molecule has 21 heavy (non-hydrogen) atoms. The molecule has 2 rings (SSSR count). The first-order chi connectivity index (χ1) is 10.1. The van der Waals surface area contributed by atoms with Gasteiger partial charge in [0.2, 0.25) is 0 Å². The highest BCUT2D eigenvalue weighted by Gasteiger charge is 1.94. The normalized spacial score (nSPS) is 11.1. The minimum Gasteiger partial charge on any atom is -0.431 e. The molecule has 0 saturated heterocycles. The molecular weight excluding hydrogens is 260 g/mol. The highest BCUT2D eigenvalue weighted by Crippen LogP contribution is 2.06. The number of esters is 1. The van der Waals surface area contributed by atoms with E-state index in [0.29, 0.717) is 0 Å². The lowest BCUT2D eigenvalue weighted by Gasteiger charge is -1.96. The van der Waals surface area contributed by atoms with E-state index >= 15 is 0 Å². The number of hydrogen-bond acceptors (Lipinski definition) is 2. The summed E-state index contributed by atoms with van der Waals surface area (Å²) in [6.07, 6.45) is 6.33. The molecule has 106 valence electrons. The fourth-order valence-corrected chi connectivity index (χ4v) is 1.74. The lowest BCUT2D eigenvalue weighted by molar-refractivity contribution is -0.132. The van der Waals surface area contributed by atoms with Crippen molar-refractivity contribution in [2.45, 2.75) is 13.8 Å². The van der Waals surface area contributed by atoms with E-state index in [-0.39, 0.29) is 5.97 Å². The highest BCUT2D eigenvalue weighted by molar-refractivity contribution is 5.87. The van der Waals surface area contributed by atoms with E-state index in [4.69, 9.17) is 4.74 Å². The molecule has 0 unspecified atom stereocenters. The van der Waals surface area contributed by atoms with Crippen molar-refractivity contribution in [2.75, 3.05) is 0 Å². The van der Waals surface area contributed by atoms with Gasteiger partial charge < -0.3 is 4.74 Å². The minimum atomic E-state index is -0.390. The molecule has 0 N–H and O–H groups in total. The topological polar surface area (TPSA) is 26.3 Å². The van der Waals surface area contributed by atoms with E-state index in [1.54, 1.807) is 12.2 Å². The molecule has 0 aliphatic rings. The fraction of sp³-hybridized carbons (Fsp3) is 0.105. The number of aryl methyl sites for hydroxylation is 2. The van der Waals surface area contributed by atoms with Gasteiger partial charge in [0.25, 0.3) is 0 Å². The van der Waals surface area contributed by atoms with Gasteiger partial charge in [0.05, 0.1) is 6.26 Å². The van der Waals surface area contributed by atoms with Crippen LogP contribution in [0, 0.1) is 13.8 Å². The van der Waals surface area contributed by atoms with Crippen molar-refractivity contribution in [3.63, 3.8) is 0 Å². The molecule has 0 aliphatic heterocycles. The molecule has 0 amide bonds. The van der Waals surface area contributed by atoms with Crippen LogP contribution < -0.4 is 0 Å². The maximum Gasteiger partial charge on any atom is 0.335 e. The van der Waals surface area contributed by atoms with Crippen LogP contribution in [-0.2, 0) is 9.53 Å². The predicted octanol–water partition coefficient (Wildman–Crippen LogP) is 4.53. The van der Waals surface area contributed by atoms with Gasteiger partial charge in [-0.05, 0) is 37.1 Å². The van der Waals surface area contributed by atoms with Gasteiger partial charge in [-0.1, -0.05) is 59.7 Å². The molecule has 0 atom stereocenters. The molecule has 0 bridgehead atoms. The fourth-order valence-electron chi connectivity index (χ4n) is 1.74. The zero-order valence-electron chi connectivity index (χ0n) is 12.2. The Kier molecular flexibility index (Phi) is 5.10. The van der Waals surface area contributed by atoms with Crippen molar-refractivity contribution in [1.82, 2.24) is 0 Å². The summed E-state index contributed by atoms with van der Waals surface area (Å²) in [6, 6.07) is 15.9. The average Bonchev–Trinajstić information content (AvgIpc) is 2.49. The van der Waals surface area contributed by atoms with Crippen LogP contribution in [0.4, 0.5) is 0 Å². The number of rotatable bonds is 4. The Morgan fingerprint density at radius 1 is 0.810 bits per heavy atom. The molecule has 0 radical (unpaired) electrons. The number of benzene rings is 2. The Morgan fingerprint density at radius 3 is 1.81 bits per heavy atom. The van der Waals surface area contributed by atoms with E-state index in [1.807, 2.05) is 62.4 Å². The molecule has 0 aromatic heterocycles. The summed E-state index contributed by atoms with van der Waals surface area (Å²) in [7, 11) is 0. The SMILES string of the molecule is Cc1ccc(C=COC(=O)/C=C/c2ccc(C)cc2)cc1. The minimum absolute atomic E-state index is 0.390. The van der Waals surface area contributed by atoms with Gasteiger partial charge in [-0.25, -0.2) is 4.79 Å². The number of carbonyl (C=O) groups is 1. The molecule has 2 aromatic carbocycles. The third-order valence-electron chi connectivity index (χ3n) is 3.01. The summed E-state index contributed by atoms with van der Waals surface area (Å²) < 4.78 is 5.02. The molecule has 0 fully saturated rings. The van der Waals surface area contributed by atoms with Crippen LogP contribution in [0.25, 0.3) is 12.2 Å². The second kappa shape index (κ2) is 7.25. The van der Waals surface area contributed by atoms with E-state index in [0.717, 1.165) is 11.1 Å². The molecule has 0 aliphatic carbocycles. The zero-order chi connectivity index (χ0) is 15.1. The van der Waals surface area contributed by atoms with Crippen LogP contribution >= 0.6 is 0 Å². The molecule has 0 spiro atoms. The van der Waals surface area contributed by atoms with Crippen LogP contribution in [-0.4, -0.2) is 5.97 Å². The first-order valence-electron chi connectivity index (χ1n) is 6.82. The van der Waals surface area contributed by atoms with Crippen LogP contribution in [0.1, 0.15) is 22.3 Å². The third kappa shape index (κ3) is 5.11. The molecule has 2 nitrogen and oxygen atoms in total. The van der Waals surface area contributed by atoms with Crippen molar-refractivity contribution in [2.24, 2.45) is 0 Å². The second-order valence-corrected chi connectivity index (χ2v) is 4.89. The summed E-state index contributed by atoms with van der Waals surface area (Å²) in [6.45, 7) is 4.06. The van der Waals surface area contributed by atoms with Crippen molar-refractivity contribution in [3.05, 3.63) is 83.1 Å². The van der Waals surface area contributed by atoms with Gasteiger partial charge in [0.15, 0.2) is 0 Å². The van der Waals surface area contributed by atoms with Gasteiger partial charge >= 0.3 is 5.97 Å². The van der Waals surface area contributed by atoms with E-state index < -0.39 is 0 Å². The monoisotopic (exact) mass is 278 g/mol. The van der Waals surface area contributed by atoms with Crippen molar-refractivity contribution in [1.29, 1.82) is 0 Å². The highest BCUT2D eigenvalue weighted by atomic mass is 16.5. The zero-order valence-corrected chi connectivity index (χ0v) is 12.2. The number of hydrogen-bond donors (Lipinski definition) is 0. The summed E-state index contributed by atoms with van der Waals surface area (Å²) in [5, 5.41) is 0. The standard InChI is InChI=1S/C19H18O2/c1-15-3-7-17(8-4-15)11-12-19(20)21-14-13-18-9-5-16(2)6-10-18/h3-14H,1-2H3/b12-11+,14-13?. The average molecular weight is 278 g/mol. The smallest absolute Gasteiger partial charge is 0.335 e. The summed E-state index contributed by atoms with van der Waals surface area (Å²) in [4.78, 5) is 11.6. The van der Waals surface area contributed by atoms with Crippen LogP contribution in [0.5, 0.6) is 0 Å². The Labute approximate surface area is 125 Å². The molecular formula is C19H18O2. The molecule has 0 saturated carbocycles. The van der Waals surface area contributed by atoms with Crippen LogP contribution in [0.15, 0.2) is 60.9 Å². The number of ether oxygens (including phenoxy) is 1. The first-order valence-corrected chi connectivity index (χ1v) is 6.82. The third-order valence-corrected chi connectivity index (χ3v) is 3.01. The van der Waals surface area contributed by atoms with E-state index in [1.165, 1.54) is 23.5 Å². The first kappa shape index (κ1) is 14.8. The van der Waals surface area contributed by atoms with Gasteiger partial charge in [0.1, 0.15) is 0 Å². The Hall–Kier alpha value is -2.61. The largest absolute Gasteiger partial charge is 0.431 e.